The Morgan fingerprint density at radius 1 is 1.57 bits per heavy atom. The van der Waals surface area contributed by atoms with E-state index in [4.69, 9.17) is 0 Å². The Kier molecular flexibility index (Phi) is 2.48. The van der Waals surface area contributed by atoms with Crippen LogP contribution in [-0.2, 0) is 4.79 Å². The van der Waals surface area contributed by atoms with Crippen molar-refractivity contribution >= 4 is 46.4 Å². The summed E-state index contributed by atoms with van der Waals surface area (Å²) in [6.45, 7) is 1.44. The van der Waals surface area contributed by atoms with Crippen molar-refractivity contribution in [3.8, 4) is 0 Å². The fourth-order valence-corrected chi connectivity index (χ4v) is 2.03. The van der Waals surface area contributed by atoms with Gasteiger partial charge in [-0.05, 0) is 0 Å². The molecule has 1 N–H and O–H groups in total. The summed E-state index contributed by atoms with van der Waals surface area (Å²) < 4.78 is 2.94. The first-order valence-corrected chi connectivity index (χ1v) is 6.29. The van der Waals surface area contributed by atoms with Crippen LogP contribution in [0.15, 0.2) is 18.3 Å². The van der Waals surface area contributed by atoms with Crippen LogP contribution in [-0.4, -0.2) is 46.3 Å². The van der Waals surface area contributed by atoms with E-state index >= 15 is 0 Å². The average Bonchev–Trinajstić information content (AvgIpc) is 2.44. The van der Waals surface area contributed by atoms with Gasteiger partial charge in [0.15, 0.2) is 0 Å². The third-order valence-corrected chi connectivity index (χ3v) is 2.97. The van der Waals surface area contributed by atoms with Gasteiger partial charge in [0, 0.05) is 0 Å². The van der Waals surface area contributed by atoms with Gasteiger partial charge in [-0.3, -0.25) is 0 Å². The average molecular weight is 380 g/mol. The molecule has 1 amide bonds. The number of nitrogens with one attached hydrogen (secondary N) is 1. The zero-order valence-corrected chi connectivity index (χ0v) is 12.0. The molecule has 0 spiro atoms. The summed E-state index contributed by atoms with van der Waals surface area (Å²) in [5.74, 6) is 0.196. The van der Waals surface area contributed by atoms with Gasteiger partial charge in [-0.2, -0.15) is 0 Å². The van der Waals surface area contributed by atoms with Crippen LogP contribution in [0.2, 0.25) is 0 Å². The quantitative estimate of drug-likeness (QED) is 0.679. The number of hydrogen-bond donors (Lipinski definition) is 1. The SMILES string of the molecule is CC(=O)Nc1nc2cc[c]([Tl])cn2n1. The molecule has 6 heteroatoms. The summed E-state index contributed by atoms with van der Waals surface area (Å²) in [6, 6.07) is 3.92. The van der Waals surface area contributed by atoms with Gasteiger partial charge in [0.25, 0.3) is 0 Å². The fraction of sp³-hybridized carbons (Fsp3) is 0.125. The molecule has 68 valence electrons. The fourth-order valence-electron chi connectivity index (χ4n) is 1.11. The number of fused-ring (bicyclic) bond motifs is 1. The van der Waals surface area contributed by atoms with Gasteiger partial charge in [-0.15, -0.1) is 0 Å². The van der Waals surface area contributed by atoms with E-state index in [1.165, 1.54) is 10.0 Å². The molecule has 0 fully saturated rings. The zero-order chi connectivity index (χ0) is 10.1. The van der Waals surface area contributed by atoms with Crippen molar-refractivity contribution in [3.63, 3.8) is 0 Å². The molecule has 0 unspecified atom stereocenters. The summed E-state index contributed by atoms with van der Waals surface area (Å²) in [6.07, 6.45) is 1.93. The molecule has 0 saturated heterocycles. The van der Waals surface area contributed by atoms with Gasteiger partial charge >= 0.3 is 96.4 Å². The van der Waals surface area contributed by atoms with Gasteiger partial charge in [-0.25, -0.2) is 0 Å². The monoisotopic (exact) mass is 380 g/mol. The van der Waals surface area contributed by atoms with E-state index in [2.05, 4.69) is 15.4 Å². The number of anilines is 1. The third kappa shape index (κ3) is 1.91. The number of rotatable bonds is 1. The van der Waals surface area contributed by atoms with Crippen molar-refractivity contribution in [2.45, 2.75) is 6.92 Å². The number of pyridine rings is 1. The minimum absolute atomic E-state index is 0.158. The van der Waals surface area contributed by atoms with Crippen molar-refractivity contribution in [3.05, 3.63) is 18.3 Å². The summed E-state index contributed by atoms with van der Waals surface area (Å²) in [7, 11) is 0. The van der Waals surface area contributed by atoms with E-state index in [0.717, 1.165) is 31.4 Å². The molecule has 0 saturated carbocycles. The van der Waals surface area contributed by atoms with Crippen LogP contribution < -0.4 is 8.44 Å². The Balaban J connectivity index is 2.46. The number of hydrogen-bond acceptors (Lipinski definition) is 3. The summed E-state index contributed by atoms with van der Waals surface area (Å²) in [5, 5.41) is 6.66. The Labute approximate surface area is 96.2 Å². The van der Waals surface area contributed by atoms with Crippen molar-refractivity contribution in [1.29, 1.82) is 0 Å². The topological polar surface area (TPSA) is 59.3 Å². The van der Waals surface area contributed by atoms with Gasteiger partial charge in [0.1, 0.15) is 0 Å². The molecular weight excluding hydrogens is 372 g/mol. The molecule has 0 aliphatic carbocycles. The molecule has 0 aliphatic rings. The van der Waals surface area contributed by atoms with Gasteiger partial charge in [-0.1, -0.05) is 0 Å². The van der Waals surface area contributed by atoms with Crippen molar-refractivity contribution in [1.82, 2.24) is 14.6 Å². The number of carbonyl (C=O) groups is 1. The van der Waals surface area contributed by atoms with Crippen LogP contribution in [0.4, 0.5) is 5.95 Å². The molecule has 2 rings (SSSR count). The molecule has 0 aromatic carbocycles. The molecule has 0 atom stereocenters. The number of aromatic nitrogens is 3. The molecular formula is C8H7N4OTl. The van der Waals surface area contributed by atoms with Crippen molar-refractivity contribution in [2.24, 2.45) is 0 Å². The second-order valence-electron chi connectivity index (χ2n) is 2.88. The van der Waals surface area contributed by atoms with E-state index < -0.39 is 0 Å². The maximum absolute atomic E-state index is 10.8. The minimum atomic E-state index is -0.158. The van der Waals surface area contributed by atoms with Crippen LogP contribution in [0.5, 0.6) is 0 Å². The standard InChI is InChI=1S/C8H7N4O.Tl/c1-6(13)9-8-10-7-4-2-3-5-12(7)11-8;/h2,4-5H,1H3,(H,9,11,13);. The summed E-state index contributed by atoms with van der Waals surface area (Å²) >= 11 is 0.776. The Morgan fingerprint density at radius 2 is 2.36 bits per heavy atom. The maximum atomic E-state index is 10.8. The first-order valence-electron chi connectivity index (χ1n) is 4.04. The van der Waals surface area contributed by atoms with Gasteiger partial charge in [0.2, 0.25) is 0 Å². The molecule has 2 aromatic rings. The van der Waals surface area contributed by atoms with Crippen LogP contribution in [0.3, 0.4) is 0 Å². The zero-order valence-electron chi connectivity index (χ0n) is 7.56. The van der Waals surface area contributed by atoms with Crippen LogP contribution in [0, 0.1) is 0 Å². The van der Waals surface area contributed by atoms with Gasteiger partial charge < -0.3 is 0 Å². The summed E-state index contributed by atoms with van der Waals surface area (Å²) in [5.41, 5.74) is 0.748. The number of carbonyl (C=O) groups excluding carboxylic acids is 1. The number of amides is 1. The van der Waals surface area contributed by atoms with Gasteiger partial charge in [0.05, 0.1) is 0 Å². The first kappa shape index (κ1) is 9.56. The third-order valence-electron chi connectivity index (χ3n) is 1.64. The van der Waals surface area contributed by atoms with Crippen LogP contribution in [0.1, 0.15) is 6.92 Å². The van der Waals surface area contributed by atoms with E-state index in [1.54, 1.807) is 4.52 Å². The van der Waals surface area contributed by atoms with E-state index in [1.807, 2.05) is 18.3 Å². The Hall–Kier alpha value is -0.988. The van der Waals surface area contributed by atoms with Crippen molar-refractivity contribution in [2.75, 3.05) is 5.32 Å². The molecule has 14 heavy (non-hydrogen) atoms. The molecule has 2 aromatic heterocycles. The van der Waals surface area contributed by atoms with E-state index in [-0.39, 0.29) is 5.91 Å². The predicted octanol–water partition coefficient (Wildman–Crippen LogP) is -0.519. The molecule has 0 aliphatic heterocycles. The Morgan fingerprint density at radius 3 is 3.07 bits per heavy atom. The molecule has 2 heterocycles. The normalized spacial score (nSPS) is 10.3. The molecule has 0 radical (unpaired) electrons. The van der Waals surface area contributed by atoms with Crippen LogP contribution in [0.25, 0.3) is 5.65 Å². The second kappa shape index (κ2) is 3.64. The van der Waals surface area contributed by atoms with E-state index in [0.29, 0.717) is 5.95 Å². The molecule has 5 nitrogen and oxygen atoms in total. The van der Waals surface area contributed by atoms with Crippen LogP contribution >= 0.6 is 0 Å². The predicted molar refractivity (Wildman–Crippen MR) is 52.7 cm³/mol. The first-order chi connectivity index (χ1) is 6.65. The second-order valence-corrected chi connectivity index (χ2v) is 5.47. The van der Waals surface area contributed by atoms with E-state index in [9.17, 15) is 4.79 Å². The number of nitrogens with zero attached hydrogens (tertiary/aromatic N) is 3. The molecule has 0 bridgehead atoms. The summed E-state index contributed by atoms with van der Waals surface area (Å²) in [4.78, 5) is 14.9. The van der Waals surface area contributed by atoms with Crippen molar-refractivity contribution < 1.29 is 4.79 Å². The Bertz CT molecular complexity index is 493.